The van der Waals surface area contributed by atoms with Crippen LogP contribution in [0.1, 0.15) is 6.92 Å². The second kappa shape index (κ2) is 4.65. The zero-order valence-electron chi connectivity index (χ0n) is 8.24. The fraction of sp³-hybridized carbons (Fsp3) is 0.182. The fourth-order valence-electron chi connectivity index (χ4n) is 1.27. The molecule has 2 aromatic rings. The van der Waals surface area contributed by atoms with Crippen LogP contribution in [0.15, 0.2) is 34.9 Å². The molecular weight excluding hydrogens is 305 g/mol. The average Bonchev–Trinajstić information content (AvgIpc) is 2.67. The van der Waals surface area contributed by atoms with E-state index in [4.69, 9.17) is 9.15 Å². The molecule has 0 aliphatic heterocycles. The molecule has 4 heteroatoms. The molecule has 0 aliphatic carbocycles. The van der Waals surface area contributed by atoms with Gasteiger partial charge in [0.05, 0.1) is 6.61 Å². The molecule has 0 spiro atoms. The van der Waals surface area contributed by atoms with Crippen molar-refractivity contribution in [3.63, 3.8) is 0 Å². The number of nitrogens with zero attached hydrogens (tertiary/aromatic N) is 1. The Labute approximate surface area is 102 Å². The molecule has 0 saturated heterocycles. The minimum atomic E-state index is 0.650. The van der Waals surface area contributed by atoms with Gasteiger partial charge in [0.1, 0.15) is 17.7 Å². The Balaban J connectivity index is 2.23. The minimum Gasteiger partial charge on any atom is -0.494 e. The van der Waals surface area contributed by atoms with Gasteiger partial charge in [0.25, 0.3) is 3.90 Å². The number of halogens is 1. The molecule has 15 heavy (non-hydrogen) atoms. The lowest BCUT2D eigenvalue weighted by Gasteiger charge is -2.02. The van der Waals surface area contributed by atoms with Crippen LogP contribution >= 0.6 is 22.6 Å². The number of hydrogen-bond donors (Lipinski definition) is 0. The van der Waals surface area contributed by atoms with Crippen molar-refractivity contribution >= 4 is 22.6 Å². The highest BCUT2D eigenvalue weighted by molar-refractivity contribution is 14.1. The van der Waals surface area contributed by atoms with Crippen molar-refractivity contribution in [1.82, 2.24) is 4.98 Å². The summed E-state index contributed by atoms with van der Waals surface area (Å²) in [4.78, 5) is 4.24. The van der Waals surface area contributed by atoms with Crippen molar-refractivity contribution in [2.45, 2.75) is 6.92 Å². The molecule has 1 aromatic heterocycles. The summed E-state index contributed by atoms with van der Waals surface area (Å²) in [6.45, 7) is 2.65. The Hall–Kier alpha value is -1.04. The molecule has 78 valence electrons. The van der Waals surface area contributed by atoms with Gasteiger partial charge in [-0.2, -0.15) is 0 Å². The number of hydrogen-bond acceptors (Lipinski definition) is 3. The Kier molecular flexibility index (Phi) is 3.25. The van der Waals surface area contributed by atoms with Gasteiger partial charge in [-0.15, -0.1) is 0 Å². The molecule has 0 atom stereocenters. The Bertz CT molecular complexity index is 436. The quantitative estimate of drug-likeness (QED) is 0.815. The number of rotatable bonds is 3. The summed E-state index contributed by atoms with van der Waals surface area (Å²) in [5.41, 5.74) is 1.88. The molecule has 2 rings (SSSR count). The summed E-state index contributed by atoms with van der Waals surface area (Å²) < 4.78 is 11.1. The lowest BCUT2D eigenvalue weighted by atomic mass is 10.2. The van der Waals surface area contributed by atoms with E-state index in [1.54, 1.807) is 6.26 Å². The molecule has 0 aliphatic rings. The van der Waals surface area contributed by atoms with Gasteiger partial charge in [0.15, 0.2) is 0 Å². The summed E-state index contributed by atoms with van der Waals surface area (Å²) in [5, 5.41) is 0. The summed E-state index contributed by atoms with van der Waals surface area (Å²) in [7, 11) is 0. The highest BCUT2D eigenvalue weighted by Gasteiger charge is 2.03. The van der Waals surface area contributed by atoms with Crippen LogP contribution in [0.4, 0.5) is 0 Å². The van der Waals surface area contributed by atoms with Crippen LogP contribution in [-0.2, 0) is 0 Å². The molecule has 1 aromatic carbocycles. The van der Waals surface area contributed by atoms with Crippen LogP contribution in [0, 0.1) is 3.90 Å². The van der Waals surface area contributed by atoms with Crippen molar-refractivity contribution < 1.29 is 9.15 Å². The standard InChI is InChI=1S/C11H10INO2/c1-2-14-9-5-3-8(4-6-9)10-7-15-11(12)13-10/h3-7H,2H2,1H3. The topological polar surface area (TPSA) is 35.3 Å². The van der Waals surface area contributed by atoms with Crippen LogP contribution in [0.2, 0.25) is 0 Å². The summed E-state index contributed by atoms with van der Waals surface area (Å²) in [5.74, 6) is 0.874. The number of oxazole rings is 1. The first-order chi connectivity index (χ1) is 7.29. The monoisotopic (exact) mass is 315 g/mol. The van der Waals surface area contributed by atoms with E-state index in [-0.39, 0.29) is 0 Å². The maximum absolute atomic E-state index is 5.36. The third kappa shape index (κ3) is 2.50. The molecule has 0 N–H and O–H groups in total. The SMILES string of the molecule is CCOc1ccc(-c2coc(I)n2)cc1. The molecule has 0 fully saturated rings. The van der Waals surface area contributed by atoms with Crippen molar-refractivity contribution in [1.29, 1.82) is 0 Å². The maximum atomic E-state index is 5.36. The molecular formula is C11H10INO2. The lowest BCUT2D eigenvalue weighted by molar-refractivity contribution is 0.340. The van der Waals surface area contributed by atoms with E-state index in [0.29, 0.717) is 10.5 Å². The Morgan fingerprint density at radius 2 is 2.07 bits per heavy atom. The van der Waals surface area contributed by atoms with E-state index in [1.807, 2.05) is 53.8 Å². The van der Waals surface area contributed by atoms with Crippen molar-refractivity contribution in [2.75, 3.05) is 6.61 Å². The molecule has 0 unspecified atom stereocenters. The first-order valence-electron chi connectivity index (χ1n) is 4.64. The number of ether oxygens (including phenoxy) is 1. The van der Waals surface area contributed by atoms with Crippen LogP contribution in [-0.4, -0.2) is 11.6 Å². The van der Waals surface area contributed by atoms with Gasteiger partial charge >= 0.3 is 0 Å². The molecule has 1 heterocycles. The second-order valence-electron chi connectivity index (χ2n) is 2.94. The van der Waals surface area contributed by atoms with Crippen molar-refractivity contribution in [3.05, 3.63) is 34.4 Å². The zero-order chi connectivity index (χ0) is 10.7. The predicted octanol–water partition coefficient (Wildman–Crippen LogP) is 3.34. The maximum Gasteiger partial charge on any atom is 0.257 e. The third-order valence-corrected chi connectivity index (χ3v) is 2.43. The number of aromatic nitrogens is 1. The van der Waals surface area contributed by atoms with Gasteiger partial charge in [-0.25, -0.2) is 4.98 Å². The third-order valence-electron chi connectivity index (χ3n) is 1.94. The first kappa shape index (κ1) is 10.5. The van der Waals surface area contributed by atoms with Crippen LogP contribution < -0.4 is 4.74 Å². The van der Waals surface area contributed by atoms with Crippen molar-refractivity contribution in [2.24, 2.45) is 0 Å². The van der Waals surface area contributed by atoms with E-state index < -0.39 is 0 Å². The highest BCUT2D eigenvalue weighted by atomic mass is 127. The summed E-state index contributed by atoms with van der Waals surface area (Å²) >= 11 is 2.04. The minimum absolute atomic E-state index is 0.650. The van der Waals surface area contributed by atoms with Crippen molar-refractivity contribution in [3.8, 4) is 17.0 Å². The molecule has 0 bridgehead atoms. The second-order valence-corrected chi connectivity index (χ2v) is 3.87. The molecule has 0 radical (unpaired) electrons. The van der Waals surface area contributed by atoms with E-state index in [2.05, 4.69) is 4.98 Å². The zero-order valence-corrected chi connectivity index (χ0v) is 10.4. The largest absolute Gasteiger partial charge is 0.494 e. The average molecular weight is 315 g/mol. The van der Waals surface area contributed by atoms with Crippen LogP contribution in [0.5, 0.6) is 5.75 Å². The van der Waals surface area contributed by atoms with E-state index >= 15 is 0 Å². The Morgan fingerprint density at radius 3 is 2.60 bits per heavy atom. The molecule has 0 amide bonds. The normalized spacial score (nSPS) is 10.3. The van der Waals surface area contributed by atoms with Gasteiger partial charge in [0.2, 0.25) is 0 Å². The highest BCUT2D eigenvalue weighted by Crippen LogP contribution is 2.22. The van der Waals surface area contributed by atoms with Crippen LogP contribution in [0.3, 0.4) is 0 Å². The smallest absolute Gasteiger partial charge is 0.257 e. The van der Waals surface area contributed by atoms with Gasteiger partial charge in [-0.1, -0.05) is 0 Å². The summed E-state index contributed by atoms with van der Waals surface area (Å²) in [6, 6.07) is 7.80. The summed E-state index contributed by atoms with van der Waals surface area (Å²) in [6.07, 6.45) is 1.65. The van der Waals surface area contributed by atoms with Gasteiger partial charge < -0.3 is 9.15 Å². The van der Waals surface area contributed by atoms with Gasteiger partial charge in [-0.3, -0.25) is 0 Å². The van der Waals surface area contributed by atoms with Crippen LogP contribution in [0.25, 0.3) is 11.3 Å². The predicted molar refractivity (Wildman–Crippen MR) is 65.8 cm³/mol. The van der Waals surface area contributed by atoms with E-state index in [0.717, 1.165) is 17.0 Å². The number of benzene rings is 1. The fourth-order valence-corrected chi connectivity index (χ4v) is 1.66. The van der Waals surface area contributed by atoms with E-state index in [9.17, 15) is 0 Å². The molecule has 3 nitrogen and oxygen atoms in total. The van der Waals surface area contributed by atoms with Gasteiger partial charge in [-0.05, 0) is 31.2 Å². The van der Waals surface area contributed by atoms with Gasteiger partial charge in [0, 0.05) is 28.2 Å². The first-order valence-corrected chi connectivity index (χ1v) is 5.71. The molecule has 0 saturated carbocycles. The van der Waals surface area contributed by atoms with E-state index in [1.165, 1.54) is 0 Å². The Morgan fingerprint density at radius 1 is 1.33 bits per heavy atom. The lowest BCUT2D eigenvalue weighted by Crippen LogP contribution is -1.90.